The predicted molar refractivity (Wildman–Crippen MR) is 72.2 cm³/mol. The van der Waals surface area contributed by atoms with Crippen molar-refractivity contribution in [3.63, 3.8) is 0 Å². The first-order valence-electron chi connectivity index (χ1n) is 5.89. The Kier molecular flexibility index (Phi) is 3.21. The minimum atomic E-state index is -3.79. The predicted octanol–water partition coefficient (Wildman–Crippen LogP) is 1.79. The topological polar surface area (TPSA) is 74.1 Å². The number of hydrogen-bond acceptors (Lipinski definition) is 5. The first kappa shape index (κ1) is 12.8. The van der Waals surface area contributed by atoms with Crippen molar-refractivity contribution in [2.24, 2.45) is 0 Å². The van der Waals surface area contributed by atoms with E-state index in [9.17, 15) is 8.42 Å². The largest absolute Gasteiger partial charge is 0.298 e. The molecule has 0 aliphatic heterocycles. The molecule has 3 rings (SSSR count). The van der Waals surface area contributed by atoms with Crippen LogP contribution in [0.5, 0.6) is 0 Å². The van der Waals surface area contributed by atoms with E-state index in [2.05, 4.69) is 10.3 Å². The maximum atomic E-state index is 12.0. The van der Waals surface area contributed by atoms with E-state index in [0.717, 1.165) is 5.52 Å². The molecule has 1 heterocycles. The molecule has 0 amide bonds. The van der Waals surface area contributed by atoms with Crippen molar-refractivity contribution in [3.05, 3.63) is 54.6 Å². The maximum absolute atomic E-state index is 12.0. The standard InChI is InChI=1S/C13H11N3O3S/c17-20(18,11-6-2-1-3-7-11)19-10-16-13-9-5-4-8-12(13)14-15-16/h1-9H,10H2. The van der Waals surface area contributed by atoms with Crippen LogP contribution in [0.1, 0.15) is 0 Å². The molecular formula is C13H11N3O3S. The summed E-state index contributed by atoms with van der Waals surface area (Å²) in [6, 6.07) is 15.2. The van der Waals surface area contributed by atoms with Gasteiger partial charge in [-0.05, 0) is 24.3 Å². The molecular weight excluding hydrogens is 278 g/mol. The third-order valence-corrected chi connectivity index (χ3v) is 4.05. The van der Waals surface area contributed by atoms with Crippen molar-refractivity contribution in [2.75, 3.05) is 0 Å². The molecule has 2 aromatic carbocycles. The number of benzene rings is 2. The second-order valence-electron chi connectivity index (χ2n) is 4.09. The van der Waals surface area contributed by atoms with Gasteiger partial charge < -0.3 is 0 Å². The third-order valence-electron chi connectivity index (χ3n) is 2.78. The Balaban J connectivity index is 1.83. The molecule has 3 aromatic rings. The number of aromatic nitrogens is 3. The molecule has 102 valence electrons. The molecule has 0 N–H and O–H groups in total. The van der Waals surface area contributed by atoms with Gasteiger partial charge in [-0.3, -0.25) is 0 Å². The molecule has 0 unspecified atom stereocenters. The molecule has 7 heteroatoms. The van der Waals surface area contributed by atoms with Crippen molar-refractivity contribution >= 4 is 21.2 Å². The van der Waals surface area contributed by atoms with Gasteiger partial charge in [-0.15, -0.1) is 5.10 Å². The smallest absolute Gasteiger partial charge is 0.243 e. The quantitative estimate of drug-likeness (QED) is 0.685. The Morgan fingerprint density at radius 1 is 1.00 bits per heavy atom. The van der Waals surface area contributed by atoms with Gasteiger partial charge >= 0.3 is 0 Å². The highest BCUT2D eigenvalue weighted by molar-refractivity contribution is 7.86. The second-order valence-corrected chi connectivity index (χ2v) is 5.71. The summed E-state index contributed by atoms with van der Waals surface area (Å²) in [5.74, 6) is 0. The lowest BCUT2D eigenvalue weighted by Gasteiger charge is -2.05. The highest BCUT2D eigenvalue weighted by Crippen LogP contribution is 2.14. The fourth-order valence-electron chi connectivity index (χ4n) is 1.79. The Bertz CT molecular complexity index is 828. The van der Waals surface area contributed by atoms with Crippen LogP contribution in [0, 0.1) is 0 Å². The number of fused-ring (bicyclic) bond motifs is 1. The van der Waals surface area contributed by atoms with Gasteiger partial charge in [0.1, 0.15) is 5.52 Å². The summed E-state index contributed by atoms with van der Waals surface area (Å²) >= 11 is 0. The minimum absolute atomic E-state index is 0.115. The molecule has 0 atom stereocenters. The normalized spacial score (nSPS) is 11.8. The highest BCUT2D eigenvalue weighted by atomic mass is 32.2. The van der Waals surface area contributed by atoms with Gasteiger partial charge in [0.05, 0.1) is 10.4 Å². The maximum Gasteiger partial charge on any atom is 0.298 e. The number of para-hydroxylation sites is 1. The van der Waals surface area contributed by atoms with E-state index in [-0.39, 0.29) is 11.6 Å². The highest BCUT2D eigenvalue weighted by Gasteiger charge is 2.15. The van der Waals surface area contributed by atoms with Crippen molar-refractivity contribution < 1.29 is 12.6 Å². The van der Waals surface area contributed by atoms with Crippen LogP contribution in [-0.4, -0.2) is 23.4 Å². The Labute approximate surface area is 115 Å². The van der Waals surface area contributed by atoms with E-state index in [4.69, 9.17) is 4.18 Å². The van der Waals surface area contributed by atoms with Crippen molar-refractivity contribution in [2.45, 2.75) is 11.6 Å². The van der Waals surface area contributed by atoms with Crippen molar-refractivity contribution in [1.82, 2.24) is 15.0 Å². The average molecular weight is 289 g/mol. The van der Waals surface area contributed by atoms with Crippen LogP contribution < -0.4 is 0 Å². The van der Waals surface area contributed by atoms with Crippen molar-refractivity contribution in [1.29, 1.82) is 0 Å². The zero-order valence-electron chi connectivity index (χ0n) is 10.4. The summed E-state index contributed by atoms with van der Waals surface area (Å²) in [6.45, 7) is -0.211. The molecule has 0 fully saturated rings. The van der Waals surface area contributed by atoms with Gasteiger partial charge in [0.25, 0.3) is 10.1 Å². The molecule has 0 spiro atoms. The number of nitrogens with zero attached hydrogens (tertiary/aromatic N) is 3. The summed E-state index contributed by atoms with van der Waals surface area (Å²) < 4.78 is 30.4. The van der Waals surface area contributed by atoms with E-state index in [0.29, 0.717) is 5.52 Å². The van der Waals surface area contributed by atoms with Gasteiger partial charge in [0, 0.05) is 0 Å². The summed E-state index contributed by atoms with van der Waals surface area (Å²) in [4.78, 5) is 0.115. The van der Waals surface area contributed by atoms with Gasteiger partial charge in [0.15, 0.2) is 6.73 Å². The van der Waals surface area contributed by atoms with Crippen LogP contribution in [0.15, 0.2) is 59.5 Å². The lowest BCUT2D eigenvalue weighted by Crippen LogP contribution is -2.11. The van der Waals surface area contributed by atoms with Gasteiger partial charge in [-0.2, -0.15) is 8.42 Å². The molecule has 0 radical (unpaired) electrons. The number of hydrogen-bond donors (Lipinski definition) is 0. The summed E-state index contributed by atoms with van der Waals surface area (Å²) in [6.07, 6.45) is 0. The summed E-state index contributed by atoms with van der Waals surface area (Å²) in [7, 11) is -3.79. The molecule has 0 bridgehead atoms. The Morgan fingerprint density at radius 2 is 1.70 bits per heavy atom. The van der Waals surface area contributed by atoms with Gasteiger partial charge in [0.2, 0.25) is 0 Å². The van der Waals surface area contributed by atoms with Gasteiger partial charge in [-0.1, -0.05) is 35.5 Å². The fourth-order valence-corrected chi connectivity index (χ4v) is 2.65. The van der Waals surface area contributed by atoms with E-state index in [1.165, 1.54) is 16.8 Å². The summed E-state index contributed by atoms with van der Waals surface area (Å²) in [5, 5.41) is 7.80. The Hall–Kier alpha value is -2.25. The molecule has 0 saturated heterocycles. The van der Waals surface area contributed by atoms with Crippen LogP contribution in [0.25, 0.3) is 11.0 Å². The van der Waals surface area contributed by atoms with E-state index in [1.54, 1.807) is 30.3 Å². The van der Waals surface area contributed by atoms with Crippen LogP contribution in [0.2, 0.25) is 0 Å². The fraction of sp³-hybridized carbons (Fsp3) is 0.0769. The second kappa shape index (κ2) is 5.03. The lowest BCUT2D eigenvalue weighted by atomic mass is 10.3. The van der Waals surface area contributed by atoms with Crippen molar-refractivity contribution in [3.8, 4) is 0 Å². The SMILES string of the molecule is O=S(=O)(OCn1nnc2ccccc21)c1ccccc1. The molecule has 1 aromatic heterocycles. The number of rotatable bonds is 4. The average Bonchev–Trinajstić information content (AvgIpc) is 2.89. The molecule has 0 aliphatic rings. The van der Waals surface area contributed by atoms with Crippen LogP contribution in [0.4, 0.5) is 0 Å². The first-order chi connectivity index (χ1) is 9.67. The Morgan fingerprint density at radius 3 is 2.50 bits per heavy atom. The van der Waals surface area contributed by atoms with Crippen LogP contribution >= 0.6 is 0 Å². The monoisotopic (exact) mass is 289 g/mol. The van der Waals surface area contributed by atoms with Crippen LogP contribution in [0.3, 0.4) is 0 Å². The molecule has 0 saturated carbocycles. The van der Waals surface area contributed by atoms with E-state index >= 15 is 0 Å². The van der Waals surface area contributed by atoms with E-state index in [1.807, 2.05) is 12.1 Å². The minimum Gasteiger partial charge on any atom is -0.243 e. The third kappa shape index (κ3) is 2.40. The zero-order valence-corrected chi connectivity index (χ0v) is 11.2. The molecule has 20 heavy (non-hydrogen) atoms. The van der Waals surface area contributed by atoms with Gasteiger partial charge in [-0.25, -0.2) is 8.86 Å². The zero-order chi connectivity index (χ0) is 14.0. The van der Waals surface area contributed by atoms with E-state index < -0.39 is 10.1 Å². The van der Waals surface area contributed by atoms with Crippen LogP contribution in [-0.2, 0) is 21.0 Å². The lowest BCUT2D eigenvalue weighted by molar-refractivity contribution is 0.230. The molecule has 0 aliphatic carbocycles. The first-order valence-corrected chi connectivity index (χ1v) is 7.30. The molecule has 6 nitrogen and oxygen atoms in total. The summed E-state index contributed by atoms with van der Waals surface area (Å²) in [5.41, 5.74) is 1.41.